The van der Waals surface area contributed by atoms with E-state index < -0.39 is 39.6 Å². The van der Waals surface area contributed by atoms with Crippen LogP contribution in [0.25, 0.3) is 6.08 Å². The minimum absolute atomic E-state index is 0.127. The van der Waals surface area contributed by atoms with E-state index in [9.17, 15) is 9.13 Å². The zero-order valence-corrected chi connectivity index (χ0v) is 22.2. The molecule has 0 spiro atoms. The summed E-state index contributed by atoms with van der Waals surface area (Å²) in [7, 11) is -6.58. The molecule has 1 aromatic carbocycles. The molecular weight excluding hydrogens is 438 g/mol. The van der Waals surface area contributed by atoms with E-state index in [0.29, 0.717) is 11.3 Å². The van der Waals surface area contributed by atoms with Crippen molar-refractivity contribution in [2.75, 3.05) is 7.11 Å². The summed E-state index contributed by atoms with van der Waals surface area (Å²) in [6.45, 7) is 15.8. The highest BCUT2D eigenvalue weighted by Crippen LogP contribution is 2.75. The standard InChI is InChI=1S/C22H38O7P2/c1-15(2)26-30(23,27-16(3)4)22(31(24,28-17(5)6)29-18(7)8)14-20-11-19(9)12-21(13-20)25-10/h11-18H,1-10H3. The van der Waals surface area contributed by atoms with Crippen molar-refractivity contribution < 1.29 is 32.0 Å². The summed E-state index contributed by atoms with van der Waals surface area (Å²) in [5.41, 5.74) is 1.53. The molecule has 0 aliphatic heterocycles. The lowest BCUT2D eigenvalue weighted by Crippen LogP contribution is -2.14. The maximum absolute atomic E-state index is 14.1. The van der Waals surface area contributed by atoms with Gasteiger partial charge in [0.05, 0.1) is 31.5 Å². The van der Waals surface area contributed by atoms with Crippen LogP contribution in [-0.2, 0) is 27.2 Å². The average Bonchev–Trinajstić information content (AvgIpc) is 2.55. The number of hydrogen-bond donors (Lipinski definition) is 0. The lowest BCUT2D eigenvalue weighted by atomic mass is 10.1. The Morgan fingerprint density at radius 3 is 1.45 bits per heavy atom. The first-order chi connectivity index (χ1) is 14.2. The number of hydrogen-bond acceptors (Lipinski definition) is 7. The van der Waals surface area contributed by atoms with E-state index in [-0.39, 0.29) is 5.06 Å². The minimum atomic E-state index is -4.07. The van der Waals surface area contributed by atoms with Gasteiger partial charge in [0.25, 0.3) is 0 Å². The molecule has 178 valence electrons. The van der Waals surface area contributed by atoms with Crippen LogP contribution < -0.4 is 4.74 Å². The minimum Gasteiger partial charge on any atom is -0.497 e. The zero-order valence-electron chi connectivity index (χ0n) is 20.4. The fourth-order valence-corrected chi connectivity index (χ4v) is 7.94. The average molecular weight is 476 g/mol. The molecule has 1 rings (SSSR count). The molecular formula is C22H38O7P2. The summed E-state index contributed by atoms with van der Waals surface area (Å²) in [5.74, 6) is 0.611. The second-order valence-electron chi connectivity index (χ2n) is 8.40. The fraction of sp³-hybridized carbons (Fsp3) is 0.636. The summed E-state index contributed by atoms with van der Waals surface area (Å²) in [5, 5.41) is -0.127. The number of benzene rings is 1. The van der Waals surface area contributed by atoms with Gasteiger partial charge in [-0.15, -0.1) is 0 Å². The van der Waals surface area contributed by atoms with E-state index in [4.69, 9.17) is 22.8 Å². The molecule has 0 heterocycles. The molecule has 0 aliphatic carbocycles. The Kier molecular flexibility index (Phi) is 10.7. The lowest BCUT2D eigenvalue weighted by molar-refractivity contribution is 0.138. The third kappa shape index (κ3) is 8.84. The third-order valence-corrected chi connectivity index (χ3v) is 9.21. The molecule has 7 nitrogen and oxygen atoms in total. The van der Waals surface area contributed by atoms with Gasteiger partial charge in [-0.25, -0.2) is 0 Å². The molecule has 0 saturated carbocycles. The SMILES string of the molecule is COc1cc(C)cc(C=C(P(=O)(OC(C)C)OC(C)C)P(=O)(OC(C)C)OC(C)C)c1. The van der Waals surface area contributed by atoms with Crippen LogP contribution in [0.1, 0.15) is 66.5 Å². The van der Waals surface area contributed by atoms with Gasteiger partial charge in [-0.05, 0) is 91.6 Å². The Bertz CT molecular complexity index is 776. The number of ether oxygens (including phenoxy) is 1. The van der Waals surface area contributed by atoms with Crippen LogP contribution in [0.15, 0.2) is 23.3 Å². The molecule has 0 N–H and O–H groups in total. The summed E-state index contributed by atoms with van der Waals surface area (Å²) in [6, 6.07) is 5.46. The monoisotopic (exact) mass is 476 g/mol. The van der Waals surface area contributed by atoms with Gasteiger partial charge in [0.15, 0.2) is 5.06 Å². The summed E-state index contributed by atoms with van der Waals surface area (Å²) < 4.78 is 56.7. The quantitative estimate of drug-likeness (QED) is 0.291. The van der Waals surface area contributed by atoms with Gasteiger partial charge < -0.3 is 22.8 Å². The van der Waals surface area contributed by atoms with E-state index in [1.165, 1.54) is 6.08 Å². The first kappa shape index (κ1) is 28.1. The topological polar surface area (TPSA) is 80.3 Å². The second kappa shape index (κ2) is 11.8. The Balaban J connectivity index is 3.88. The van der Waals surface area contributed by atoms with Gasteiger partial charge in [0, 0.05) is 0 Å². The molecule has 0 atom stereocenters. The van der Waals surface area contributed by atoms with Gasteiger partial charge in [0.1, 0.15) is 5.75 Å². The van der Waals surface area contributed by atoms with Crippen molar-refractivity contribution in [3.63, 3.8) is 0 Å². The van der Waals surface area contributed by atoms with Crippen LogP contribution in [0.2, 0.25) is 0 Å². The first-order valence-electron chi connectivity index (χ1n) is 10.5. The zero-order chi connectivity index (χ0) is 24.0. The predicted molar refractivity (Wildman–Crippen MR) is 126 cm³/mol. The normalized spacial score (nSPS) is 12.8. The van der Waals surface area contributed by atoms with Crippen molar-refractivity contribution in [1.82, 2.24) is 0 Å². The van der Waals surface area contributed by atoms with Crippen molar-refractivity contribution in [3.8, 4) is 5.75 Å². The number of aryl methyl sites for hydroxylation is 1. The van der Waals surface area contributed by atoms with E-state index in [0.717, 1.165) is 5.56 Å². The van der Waals surface area contributed by atoms with Crippen LogP contribution in [0.5, 0.6) is 5.75 Å². The fourth-order valence-electron chi connectivity index (χ4n) is 2.81. The van der Waals surface area contributed by atoms with Crippen LogP contribution >= 0.6 is 15.2 Å². The van der Waals surface area contributed by atoms with E-state index in [1.807, 2.05) is 19.1 Å². The smallest absolute Gasteiger partial charge is 0.370 e. The summed E-state index contributed by atoms with van der Waals surface area (Å²) >= 11 is 0. The molecule has 0 amide bonds. The Labute approximate surface area is 187 Å². The van der Waals surface area contributed by atoms with E-state index in [1.54, 1.807) is 68.6 Å². The number of methoxy groups -OCH3 is 1. The van der Waals surface area contributed by atoms with Crippen molar-refractivity contribution in [2.45, 2.75) is 86.7 Å². The highest BCUT2D eigenvalue weighted by atomic mass is 31.2. The second-order valence-corrected chi connectivity index (χ2v) is 12.5. The Morgan fingerprint density at radius 2 is 1.13 bits per heavy atom. The molecule has 0 unspecified atom stereocenters. The van der Waals surface area contributed by atoms with Gasteiger partial charge in [0.2, 0.25) is 0 Å². The molecule has 0 saturated heterocycles. The Morgan fingerprint density at radius 1 is 0.742 bits per heavy atom. The molecule has 9 heteroatoms. The molecule has 0 radical (unpaired) electrons. The van der Waals surface area contributed by atoms with Crippen molar-refractivity contribution >= 4 is 21.3 Å². The van der Waals surface area contributed by atoms with Crippen molar-refractivity contribution in [2.24, 2.45) is 0 Å². The molecule has 0 aliphatic rings. The summed E-state index contributed by atoms with van der Waals surface area (Å²) in [4.78, 5) is 0. The van der Waals surface area contributed by atoms with Gasteiger partial charge in [-0.1, -0.05) is 6.07 Å². The molecule has 31 heavy (non-hydrogen) atoms. The molecule has 0 bridgehead atoms. The van der Waals surface area contributed by atoms with Crippen LogP contribution in [0.4, 0.5) is 0 Å². The predicted octanol–water partition coefficient (Wildman–Crippen LogP) is 7.39. The van der Waals surface area contributed by atoms with E-state index >= 15 is 0 Å². The highest BCUT2D eigenvalue weighted by molar-refractivity contribution is 7.79. The van der Waals surface area contributed by atoms with Gasteiger partial charge >= 0.3 is 15.2 Å². The first-order valence-corrected chi connectivity index (χ1v) is 13.6. The summed E-state index contributed by atoms with van der Waals surface area (Å²) in [6.07, 6.45) is -0.289. The molecule has 0 aromatic heterocycles. The van der Waals surface area contributed by atoms with Gasteiger partial charge in [-0.3, -0.25) is 9.13 Å². The maximum Gasteiger partial charge on any atom is 0.370 e. The van der Waals surface area contributed by atoms with Crippen LogP contribution in [0.3, 0.4) is 0 Å². The van der Waals surface area contributed by atoms with Crippen LogP contribution in [-0.4, -0.2) is 31.5 Å². The van der Waals surface area contributed by atoms with Crippen molar-refractivity contribution in [3.05, 3.63) is 34.4 Å². The van der Waals surface area contributed by atoms with Crippen molar-refractivity contribution in [1.29, 1.82) is 0 Å². The largest absolute Gasteiger partial charge is 0.497 e. The Hall–Kier alpha value is -0.940. The van der Waals surface area contributed by atoms with E-state index in [2.05, 4.69) is 0 Å². The van der Waals surface area contributed by atoms with Crippen LogP contribution in [0, 0.1) is 6.92 Å². The molecule has 0 fully saturated rings. The molecule has 1 aromatic rings. The highest BCUT2D eigenvalue weighted by Gasteiger charge is 2.47. The maximum atomic E-state index is 14.1. The number of rotatable bonds is 12. The van der Waals surface area contributed by atoms with Gasteiger partial charge in [-0.2, -0.15) is 0 Å². The third-order valence-electron chi connectivity index (χ3n) is 3.56. The lowest BCUT2D eigenvalue weighted by Gasteiger charge is -2.30.